The summed E-state index contributed by atoms with van der Waals surface area (Å²) in [5.74, 6) is -1.23. The molecule has 0 saturated carbocycles. The number of rotatable bonds is 5. The van der Waals surface area contributed by atoms with Crippen molar-refractivity contribution in [3.63, 3.8) is 0 Å². The zero-order chi connectivity index (χ0) is 15.5. The third kappa shape index (κ3) is 3.40. The highest BCUT2D eigenvalue weighted by atomic mass is 19.1. The van der Waals surface area contributed by atoms with E-state index in [1.165, 1.54) is 17.0 Å². The number of benzene rings is 1. The number of hydrogen-bond donors (Lipinski definition) is 1. The van der Waals surface area contributed by atoms with Crippen LogP contribution >= 0.6 is 0 Å². The summed E-state index contributed by atoms with van der Waals surface area (Å²) in [6.45, 7) is 3.04. The highest BCUT2D eigenvalue weighted by Crippen LogP contribution is 2.27. The van der Waals surface area contributed by atoms with Gasteiger partial charge < -0.3 is 10.2 Å². The first-order valence-corrected chi connectivity index (χ1v) is 7.43. The van der Waals surface area contributed by atoms with Gasteiger partial charge >= 0.3 is 0 Å². The van der Waals surface area contributed by atoms with Crippen molar-refractivity contribution >= 4 is 5.91 Å². The molecule has 0 spiro atoms. The average molecular weight is 296 g/mol. The molecule has 1 aliphatic heterocycles. The molecule has 3 nitrogen and oxygen atoms in total. The lowest BCUT2D eigenvalue weighted by Crippen LogP contribution is -2.53. The molecular weight excluding hydrogens is 274 g/mol. The molecule has 1 atom stereocenters. The number of carbonyl (C=O) groups excluding carboxylic acids is 1. The molecule has 1 saturated heterocycles. The van der Waals surface area contributed by atoms with E-state index in [2.05, 4.69) is 12.2 Å². The van der Waals surface area contributed by atoms with Crippen LogP contribution in [0.15, 0.2) is 18.2 Å². The summed E-state index contributed by atoms with van der Waals surface area (Å²) in [6.07, 6.45) is 3.49. The minimum Gasteiger partial charge on any atom is -0.340 e. The molecule has 5 heteroatoms. The second-order valence-corrected chi connectivity index (χ2v) is 5.76. The summed E-state index contributed by atoms with van der Waals surface area (Å²) in [4.78, 5) is 14.2. The smallest absolute Gasteiger partial charge is 0.242 e. The Morgan fingerprint density at radius 3 is 2.76 bits per heavy atom. The molecule has 2 rings (SSSR count). The Balaban J connectivity index is 2.11. The first kappa shape index (κ1) is 15.9. The molecule has 1 aromatic carbocycles. The molecule has 21 heavy (non-hydrogen) atoms. The maximum atomic E-state index is 13.7. The molecule has 1 fully saturated rings. The van der Waals surface area contributed by atoms with Gasteiger partial charge in [0, 0.05) is 25.2 Å². The summed E-state index contributed by atoms with van der Waals surface area (Å²) in [6, 6.07) is 3.46. The second kappa shape index (κ2) is 6.52. The Kier molecular flexibility index (Phi) is 4.93. The van der Waals surface area contributed by atoms with E-state index in [0.717, 1.165) is 38.3 Å². The molecule has 1 aromatic rings. The summed E-state index contributed by atoms with van der Waals surface area (Å²) < 4.78 is 26.6. The van der Waals surface area contributed by atoms with Crippen LogP contribution in [0.1, 0.15) is 38.2 Å². The number of halogens is 2. The van der Waals surface area contributed by atoms with Crippen molar-refractivity contribution in [1.82, 2.24) is 10.2 Å². The Morgan fingerprint density at radius 1 is 1.43 bits per heavy atom. The molecule has 0 aliphatic carbocycles. The summed E-state index contributed by atoms with van der Waals surface area (Å²) >= 11 is 0. The van der Waals surface area contributed by atoms with E-state index >= 15 is 0 Å². The Labute approximate surface area is 124 Å². The van der Waals surface area contributed by atoms with Gasteiger partial charge in [-0.2, -0.15) is 0 Å². The van der Waals surface area contributed by atoms with E-state index < -0.39 is 17.2 Å². The monoisotopic (exact) mass is 296 g/mol. The molecule has 0 aromatic heterocycles. The quantitative estimate of drug-likeness (QED) is 0.906. The van der Waals surface area contributed by atoms with E-state index in [9.17, 15) is 13.6 Å². The van der Waals surface area contributed by atoms with E-state index in [0.29, 0.717) is 5.56 Å². The van der Waals surface area contributed by atoms with E-state index in [4.69, 9.17) is 0 Å². The van der Waals surface area contributed by atoms with Crippen molar-refractivity contribution in [3.05, 3.63) is 35.4 Å². The predicted molar refractivity (Wildman–Crippen MR) is 77.7 cm³/mol. The van der Waals surface area contributed by atoms with Crippen molar-refractivity contribution in [3.8, 4) is 0 Å². The summed E-state index contributed by atoms with van der Waals surface area (Å²) in [5.41, 5.74) is -0.183. The fourth-order valence-electron chi connectivity index (χ4n) is 3.08. The number of nitrogens with one attached hydrogen (secondary N) is 1. The van der Waals surface area contributed by atoms with E-state index in [1.807, 2.05) is 0 Å². The lowest BCUT2D eigenvalue weighted by atomic mass is 9.90. The third-order valence-corrected chi connectivity index (χ3v) is 4.10. The standard InChI is InChI=1S/C16H22F2N2O/c1-3-7-16(8-4-9-19-16)15(21)20(2)11-12-5-6-13(17)10-14(12)18/h5-6,10,19H,3-4,7-9,11H2,1-2H3. The molecule has 1 unspecified atom stereocenters. The number of carbonyl (C=O) groups is 1. The van der Waals surface area contributed by atoms with Crippen molar-refractivity contribution in [1.29, 1.82) is 0 Å². The van der Waals surface area contributed by atoms with Crippen LogP contribution in [0.2, 0.25) is 0 Å². The third-order valence-electron chi connectivity index (χ3n) is 4.10. The maximum Gasteiger partial charge on any atom is 0.242 e. The zero-order valence-corrected chi connectivity index (χ0v) is 12.6. The predicted octanol–water partition coefficient (Wildman–Crippen LogP) is 2.85. The van der Waals surface area contributed by atoms with Crippen molar-refractivity contribution in [2.45, 2.75) is 44.7 Å². The molecular formula is C16H22F2N2O. The number of nitrogens with zero attached hydrogens (tertiary/aromatic N) is 1. The number of hydrogen-bond acceptors (Lipinski definition) is 2. The lowest BCUT2D eigenvalue weighted by Gasteiger charge is -2.32. The Morgan fingerprint density at radius 2 is 2.19 bits per heavy atom. The Bertz CT molecular complexity index is 513. The van der Waals surface area contributed by atoms with Gasteiger partial charge in [0.05, 0.1) is 5.54 Å². The largest absolute Gasteiger partial charge is 0.340 e. The highest BCUT2D eigenvalue weighted by molar-refractivity contribution is 5.86. The molecule has 0 radical (unpaired) electrons. The summed E-state index contributed by atoms with van der Waals surface area (Å²) in [7, 11) is 1.67. The number of amides is 1. The minimum atomic E-state index is -0.612. The van der Waals surface area contributed by atoms with Gasteiger partial charge in [0.25, 0.3) is 0 Å². The molecule has 1 N–H and O–H groups in total. The molecule has 116 valence electrons. The molecule has 1 aliphatic rings. The topological polar surface area (TPSA) is 32.3 Å². The van der Waals surface area contributed by atoms with Crippen molar-refractivity contribution in [2.75, 3.05) is 13.6 Å². The number of likely N-dealkylation sites (N-methyl/N-ethyl adjacent to an activating group) is 1. The fourth-order valence-corrected chi connectivity index (χ4v) is 3.08. The van der Waals surface area contributed by atoms with Crippen molar-refractivity contribution in [2.24, 2.45) is 0 Å². The van der Waals surface area contributed by atoms with E-state index in [1.54, 1.807) is 7.05 Å². The highest BCUT2D eigenvalue weighted by Gasteiger charge is 2.41. The van der Waals surface area contributed by atoms with Crippen LogP contribution in [0.4, 0.5) is 8.78 Å². The summed E-state index contributed by atoms with van der Waals surface area (Å²) in [5, 5.41) is 3.32. The zero-order valence-electron chi connectivity index (χ0n) is 12.6. The molecule has 1 amide bonds. The van der Waals surface area contributed by atoms with Crippen LogP contribution in [-0.2, 0) is 11.3 Å². The van der Waals surface area contributed by atoms with Gasteiger partial charge in [-0.05, 0) is 31.9 Å². The van der Waals surface area contributed by atoms with Crippen LogP contribution in [0.3, 0.4) is 0 Å². The lowest BCUT2D eigenvalue weighted by molar-refractivity contribution is -0.137. The average Bonchev–Trinajstić information content (AvgIpc) is 2.91. The fraction of sp³-hybridized carbons (Fsp3) is 0.562. The Hall–Kier alpha value is -1.49. The van der Waals surface area contributed by atoms with Gasteiger partial charge in [-0.1, -0.05) is 19.4 Å². The van der Waals surface area contributed by atoms with Gasteiger partial charge in [-0.15, -0.1) is 0 Å². The van der Waals surface area contributed by atoms with Gasteiger partial charge in [0.1, 0.15) is 11.6 Å². The van der Waals surface area contributed by atoms with Crippen LogP contribution < -0.4 is 5.32 Å². The van der Waals surface area contributed by atoms with Gasteiger partial charge in [-0.25, -0.2) is 8.78 Å². The molecule has 0 bridgehead atoms. The van der Waals surface area contributed by atoms with Gasteiger partial charge in [0.15, 0.2) is 0 Å². The normalized spacial score (nSPS) is 21.5. The van der Waals surface area contributed by atoms with Crippen LogP contribution in [0.5, 0.6) is 0 Å². The van der Waals surface area contributed by atoms with Crippen LogP contribution in [0.25, 0.3) is 0 Å². The van der Waals surface area contributed by atoms with Gasteiger partial charge in [0.2, 0.25) is 5.91 Å². The maximum absolute atomic E-state index is 13.7. The SMILES string of the molecule is CCCC1(C(=O)N(C)Cc2ccc(F)cc2F)CCCN1. The second-order valence-electron chi connectivity index (χ2n) is 5.76. The van der Waals surface area contributed by atoms with E-state index in [-0.39, 0.29) is 12.5 Å². The first-order valence-electron chi connectivity index (χ1n) is 7.43. The van der Waals surface area contributed by atoms with Crippen LogP contribution in [-0.4, -0.2) is 29.9 Å². The van der Waals surface area contributed by atoms with Crippen LogP contribution in [0, 0.1) is 11.6 Å². The first-order chi connectivity index (χ1) is 9.98. The molecule has 1 heterocycles. The minimum absolute atomic E-state index is 0.00873. The van der Waals surface area contributed by atoms with Crippen molar-refractivity contribution < 1.29 is 13.6 Å². The van der Waals surface area contributed by atoms with Gasteiger partial charge in [-0.3, -0.25) is 4.79 Å².